The van der Waals surface area contributed by atoms with Gasteiger partial charge < -0.3 is 10.5 Å². The zero-order valence-corrected chi connectivity index (χ0v) is 23.3. The molecule has 35 heavy (non-hydrogen) atoms. The van der Waals surface area contributed by atoms with Crippen LogP contribution in [-0.4, -0.2) is 44.3 Å². The number of fused-ring (bicyclic) bond motifs is 2. The molecule has 2 unspecified atom stereocenters. The van der Waals surface area contributed by atoms with Crippen molar-refractivity contribution in [2.45, 2.75) is 91.4 Å². The summed E-state index contributed by atoms with van der Waals surface area (Å²) < 4.78 is 33.2. The van der Waals surface area contributed by atoms with E-state index in [-0.39, 0.29) is 16.2 Å². The summed E-state index contributed by atoms with van der Waals surface area (Å²) in [5.74, 6) is 0.929. The second-order valence-corrected chi connectivity index (χ2v) is 13.5. The van der Waals surface area contributed by atoms with E-state index >= 15 is 0 Å². The van der Waals surface area contributed by atoms with Gasteiger partial charge in [-0.2, -0.15) is 0 Å². The highest BCUT2D eigenvalue weighted by molar-refractivity contribution is 7.89. The van der Waals surface area contributed by atoms with Gasteiger partial charge in [0, 0.05) is 13.1 Å². The molecule has 2 fully saturated rings. The molecule has 0 bridgehead atoms. The molecule has 0 aromatic heterocycles. The van der Waals surface area contributed by atoms with Gasteiger partial charge in [0.25, 0.3) is 0 Å². The third-order valence-corrected chi connectivity index (χ3v) is 11.7. The first kappa shape index (κ1) is 28.0. The summed E-state index contributed by atoms with van der Waals surface area (Å²) in [6.07, 6.45) is 7.87. The Morgan fingerprint density at radius 1 is 1.11 bits per heavy atom. The quantitative estimate of drug-likeness (QED) is 0.541. The summed E-state index contributed by atoms with van der Waals surface area (Å²) in [5, 5.41) is 0. The van der Waals surface area contributed by atoms with Crippen LogP contribution in [0.15, 0.2) is 24.3 Å². The molecule has 198 valence electrons. The molecule has 1 heterocycles. The van der Waals surface area contributed by atoms with Gasteiger partial charge in [-0.1, -0.05) is 58.4 Å². The lowest BCUT2D eigenvalue weighted by Gasteiger charge is -2.46. The monoisotopic (exact) mass is 506 g/mol. The number of ether oxygens (including phenoxy) is 1. The van der Waals surface area contributed by atoms with Crippen molar-refractivity contribution in [2.24, 2.45) is 22.5 Å². The fourth-order valence-electron chi connectivity index (χ4n) is 7.01. The summed E-state index contributed by atoms with van der Waals surface area (Å²) in [6, 6.07) is 8.82. The molecule has 1 saturated heterocycles. The second-order valence-electron chi connectivity index (χ2n) is 11.5. The minimum Gasteiger partial charge on any atom is -0.450 e. The number of hydrogen-bond donors (Lipinski definition) is 1. The van der Waals surface area contributed by atoms with E-state index in [0.29, 0.717) is 31.4 Å². The number of sulfonamides is 1. The Bertz CT molecular complexity index is 978. The number of piperidine rings is 1. The smallest absolute Gasteiger partial charge is 0.404 e. The highest BCUT2D eigenvalue weighted by Crippen LogP contribution is 2.59. The lowest BCUT2D eigenvalue weighted by Crippen LogP contribution is -2.49. The summed E-state index contributed by atoms with van der Waals surface area (Å²) in [5.41, 5.74) is 7.73. The Hall–Kier alpha value is -1.60. The van der Waals surface area contributed by atoms with Crippen molar-refractivity contribution in [3.63, 3.8) is 0 Å². The highest BCUT2D eigenvalue weighted by atomic mass is 32.2. The highest BCUT2D eigenvalue weighted by Gasteiger charge is 2.55. The Labute approximate surface area is 213 Å². The topological polar surface area (TPSA) is 89.7 Å². The third kappa shape index (κ3) is 5.56. The molecule has 2 atom stereocenters. The number of primary amides is 1. The van der Waals surface area contributed by atoms with Crippen LogP contribution in [0.4, 0.5) is 4.79 Å². The van der Waals surface area contributed by atoms with Crippen molar-refractivity contribution in [3.8, 4) is 0 Å². The van der Waals surface area contributed by atoms with E-state index < -0.39 is 16.1 Å². The molecule has 1 aromatic rings. The molecule has 2 N–H and O–H groups in total. The maximum absolute atomic E-state index is 13.6. The lowest BCUT2D eigenvalue weighted by atomic mass is 9.64. The molecule has 4 rings (SSSR count). The molecular weight excluding hydrogens is 460 g/mol. The Kier molecular flexibility index (Phi) is 8.63. The van der Waals surface area contributed by atoms with E-state index in [0.717, 1.165) is 44.9 Å². The maximum atomic E-state index is 13.6. The molecule has 1 saturated carbocycles. The predicted octanol–water partition coefficient (Wildman–Crippen LogP) is 5.64. The number of aryl methyl sites for hydroxylation is 1. The molecule has 0 radical (unpaired) electrons. The van der Waals surface area contributed by atoms with Gasteiger partial charge in [-0.25, -0.2) is 17.5 Å². The number of amides is 1. The lowest BCUT2D eigenvalue weighted by molar-refractivity contribution is 0.0860. The summed E-state index contributed by atoms with van der Waals surface area (Å²) in [6.45, 7) is 12.6. The fourth-order valence-corrected chi connectivity index (χ4v) is 9.29. The number of benzene rings is 1. The van der Waals surface area contributed by atoms with Crippen LogP contribution in [0.5, 0.6) is 0 Å². The van der Waals surface area contributed by atoms with Crippen LogP contribution in [0.25, 0.3) is 0 Å². The van der Waals surface area contributed by atoms with Gasteiger partial charge >= 0.3 is 6.09 Å². The molecule has 1 spiro atoms. The van der Waals surface area contributed by atoms with Crippen LogP contribution >= 0.6 is 0 Å². The van der Waals surface area contributed by atoms with E-state index in [1.54, 1.807) is 6.92 Å². The summed E-state index contributed by atoms with van der Waals surface area (Å²) in [4.78, 5) is 9.60. The van der Waals surface area contributed by atoms with Crippen LogP contribution in [0.3, 0.4) is 0 Å². The van der Waals surface area contributed by atoms with Gasteiger partial charge in [0.1, 0.15) is 0 Å². The number of carbonyl (C=O) groups excluding carboxylic acids is 1. The number of carbonyl (C=O) groups is 1. The molecule has 6 nitrogen and oxygen atoms in total. The Morgan fingerprint density at radius 2 is 1.77 bits per heavy atom. The summed E-state index contributed by atoms with van der Waals surface area (Å²) in [7, 11) is -3.23. The summed E-state index contributed by atoms with van der Waals surface area (Å²) >= 11 is 0. The standard InChI is InChI=1S/C25H39NO2S.C3H7NO2/c1-5-12-25(14-10-20(2)23(25,3)4)19-29(27,28)26-17-15-24(16-18-26)13-11-21-8-6-7-9-22(21)24;1-2-6-3(4)5/h6-9,20H,5,10-19H2,1-4H3;2H2,1H3,(H2,4,5). The van der Waals surface area contributed by atoms with Crippen molar-refractivity contribution in [1.29, 1.82) is 0 Å². The number of nitrogens with zero attached hydrogens (tertiary/aromatic N) is 1. The van der Waals surface area contributed by atoms with Crippen molar-refractivity contribution >= 4 is 16.1 Å². The van der Waals surface area contributed by atoms with Crippen LogP contribution in [0.1, 0.15) is 90.7 Å². The number of rotatable bonds is 6. The van der Waals surface area contributed by atoms with Crippen LogP contribution in [-0.2, 0) is 26.6 Å². The molecule has 1 amide bonds. The van der Waals surface area contributed by atoms with Crippen molar-refractivity contribution < 1.29 is 17.9 Å². The van der Waals surface area contributed by atoms with E-state index in [1.807, 2.05) is 4.31 Å². The van der Waals surface area contributed by atoms with Gasteiger partial charge in [-0.15, -0.1) is 0 Å². The molecule has 1 aromatic carbocycles. The SMILES string of the molecule is CCCC1(CS(=O)(=O)N2CCC3(CCc4ccccc43)CC2)CCC(C)C1(C)C.CCOC(N)=O. The predicted molar refractivity (Wildman–Crippen MR) is 142 cm³/mol. The number of nitrogens with two attached hydrogens (primary N) is 1. The average molecular weight is 507 g/mol. The van der Waals surface area contributed by atoms with E-state index in [4.69, 9.17) is 0 Å². The minimum atomic E-state index is -3.23. The first-order valence-electron chi connectivity index (χ1n) is 13.4. The van der Waals surface area contributed by atoms with Crippen molar-refractivity contribution in [2.75, 3.05) is 25.4 Å². The fraction of sp³-hybridized carbons (Fsp3) is 0.750. The van der Waals surface area contributed by atoms with Crippen molar-refractivity contribution in [1.82, 2.24) is 4.31 Å². The molecule has 3 aliphatic rings. The van der Waals surface area contributed by atoms with E-state index in [2.05, 4.69) is 62.4 Å². The zero-order valence-electron chi connectivity index (χ0n) is 22.4. The molecular formula is C28H46N2O4S. The molecule has 7 heteroatoms. The molecule has 1 aliphatic heterocycles. The average Bonchev–Trinajstić information content (AvgIpc) is 3.25. The van der Waals surface area contributed by atoms with Crippen LogP contribution in [0.2, 0.25) is 0 Å². The normalized spacial score (nSPS) is 27.2. The molecule has 2 aliphatic carbocycles. The number of hydrogen-bond acceptors (Lipinski definition) is 4. The first-order valence-corrected chi connectivity index (χ1v) is 15.0. The Morgan fingerprint density at radius 3 is 2.29 bits per heavy atom. The Balaban J connectivity index is 0.000000509. The van der Waals surface area contributed by atoms with E-state index in [1.165, 1.54) is 17.5 Å². The van der Waals surface area contributed by atoms with Gasteiger partial charge in [-0.3, -0.25) is 0 Å². The first-order chi connectivity index (χ1) is 16.4. The third-order valence-electron chi connectivity index (χ3n) is 9.66. The van der Waals surface area contributed by atoms with Gasteiger partial charge in [0.05, 0.1) is 12.4 Å². The van der Waals surface area contributed by atoms with Crippen LogP contribution in [0, 0.1) is 16.7 Å². The largest absolute Gasteiger partial charge is 0.450 e. The van der Waals surface area contributed by atoms with Gasteiger partial charge in [-0.05, 0) is 85.2 Å². The van der Waals surface area contributed by atoms with E-state index in [9.17, 15) is 13.2 Å². The maximum Gasteiger partial charge on any atom is 0.404 e. The zero-order chi connectivity index (χ0) is 25.9. The van der Waals surface area contributed by atoms with Gasteiger partial charge in [0.15, 0.2) is 0 Å². The minimum absolute atomic E-state index is 0.0743. The second kappa shape index (κ2) is 10.8. The van der Waals surface area contributed by atoms with Crippen LogP contribution < -0.4 is 5.73 Å². The van der Waals surface area contributed by atoms with Gasteiger partial charge in [0.2, 0.25) is 10.0 Å². The van der Waals surface area contributed by atoms with Crippen molar-refractivity contribution in [3.05, 3.63) is 35.4 Å².